The van der Waals surface area contributed by atoms with Crippen LogP contribution in [0, 0.1) is 5.82 Å². The second kappa shape index (κ2) is 7.34. The molecule has 0 bridgehead atoms. The number of benzene rings is 2. The lowest BCUT2D eigenvalue weighted by Gasteiger charge is -2.22. The molecule has 0 radical (unpaired) electrons. The van der Waals surface area contributed by atoms with Crippen molar-refractivity contribution in [1.29, 1.82) is 0 Å². The van der Waals surface area contributed by atoms with Crippen LogP contribution in [-0.4, -0.2) is 35.8 Å². The average Bonchev–Trinajstić information content (AvgIpc) is 2.86. The molecule has 9 heteroatoms. The number of Topliss-reactive ketones (excluding diaryl/α,β-unsaturated/α-hetero) is 1. The number of hydrogen-bond donors (Lipinski definition) is 1. The molecule has 3 rings (SSSR count). The SMILES string of the molecule is CC1(c2ccc(OC(F)F)cc2)NC(=O)N(CC(=O)c2cccc(F)c2)C1=O. The zero-order valence-electron chi connectivity index (χ0n) is 14.6. The van der Waals surface area contributed by atoms with E-state index in [2.05, 4.69) is 10.1 Å². The zero-order valence-corrected chi connectivity index (χ0v) is 14.6. The van der Waals surface area contributed by atoms with Gasteiger partial charge in [0, 0.05) is 5.56 Å². The number of nitrogens with one attached hydrogen (secondary N) is 1. The highest BCUT2D eigenvalue weighted by Gasteiger charge is 2.49. The molecule has 0 aliphatic carbocycles. The molecule has 1 aliphatic rings. The van der Waals surface area contributed by atoms with Crippen LogP contribution in [0.15, 0.2) is 48.5 Å². The number of amides is 3. The second-order valence-electron chi connectivity index (χ2n) is 6.28. The molecule has 146 valence electrons. The third-order valence-corrected chi connectivity index (χ3v) is 4.38. The van der Waals surface area contributed by atoms with Crippen molar-refractivity contribution in [2.24, 2.45) is 0 Å². The number of rotatable bonds is 6. The van der Waals surface area contributed by atoms with Gasteiger partial charge in [-0.1, -0.05) is 24.3 Å². The third kappa shape index (κ3) is 3.68. The van der Waals surface area contributed by atoms with Crippen molar-refractivity contribution in [2.75, 3.05) is 6.54 Å². The normalized spacial score (nSPS) is 19.1. The van der Waals surface area contributed by atoms with Crippen molar-refractivity contribution < 1.29 is 32.3 Å². The topological polar surface area (TPSA) is 75.7 Å². The molecule has 1 heterocycles. The van der Waals surface area contributed by atoms with E-state index in [1.54, 1.807) is 0 Å². The molecular weight excluding hydrogens is 377 g/mol. The lowest BCUT2D eigenvalue weighted by atomic mass is 9.92. The molecule has 28 heavy (non-hydrogen) atoms. The van der Waals surface area contributed by atoms with Gasteiger partial charge in [-0.05, 0) is 36.8 Å². The maximum Gasteiger partial charge on any atom is 0.387 e. The van der Waals surface area contributed by atoms with E-state index in [9.17, 15) is 27.6 Å². The number of urea groups is 1. The first kappa shape index (κ1) is 19.4. The van der Waals surface area contributed by atoms with Crippen molar-refractivity contribution in [3.05, 3.63) is 65.5 Å². The largest absolute Gasteiger partial charge is 0.435 e. The van der Waals surface area contributed by atoms with Gasteiger partial charge in [-0.2, -0.15) is 8.78 Å². The number of carbonyl (C=O) groups is 3. The van der Waals surface area contributed by atoms with Gasteiger partial charge in [-0.25, -0.2) is 9.18 Å². The van der Waals surface area contributed by atoms with Crippen molar-refractivity contribution in [2.45, 2.75) is 19.1 Å². The van der Waals surface area contributed by atoms with Crippen LogP contribution in [0.25, 0.3) is 0 Å². The number of alkyl halides is 2. The van der Waals surface area contributed by atoms with Gasteiger partial charge in [0.25, 0.3) is 5.91 Å². The first-order chi connectivity index (χ1) is 13.2. The minimum atomic E-state index is -2.99. The van der Waals surface area contributed by atoms with Crippen molar-refractivity contribution in [3.63, 3.8) is 0 Å². The Morgan fingerprint density at radius 1 is 1.18 bits per heavy atom. The monoisotopic (exact) mass is 392 g/mol. The zero-order chi connectivity index (χ0) is 20.5. The van der Waals surface area contributed by atoms with E-state index in [1.165, 1.54) is 49.4 Å². The standard InChI is InChI=1S/C19H15F3N2O4/c1-19(12-5-7-14(8-6-12)28-17(21)22)16(26)24(18(27)23-19)10-15(25)11-3-2-4-13(20)9-11/h2-9,17H,10H2,1H3,(H,23,27). The molecule has 0 saturated carbocycles. The molecular formula is C19H15F3N2O4. The van der Waals surface area contributed by atoms with E-state index < -0.39 is 42.2 Å². The quantitative estimate of drug-likeness (QED) is 0.606. The fraction of sp³-hybridized carbons (Fsp3) is 0.211. The van der Waals surface area contributed by atoms with E-state index in [-0.39, 0.29) is 11.3 Å². The molecule has 3 amide bonds. The van der Waals surface area contributed by atoms with Crippen LogP contribution in [0.1, 0.15) is 22.8 Å². The van der Waals surface area contributed by atoms with Crippen LogP contribution in [0.5, 0.6) is 5.75 Å². The van der Waals surface area contributed by atoms with Crippen LogP contribution >= 0.6 is 0 Å². The molecule has 2 aromatic rings. The van der Waals surface area contributed by atoms with Crippen LogP contribution < -0.4 is 10.1 Å². The van der Waals surface area contributed by atoms with Crippen molar-refractivity contribution in [1.82, 2.24) is 10.2 Å². The molecule has 1 fully saturated rings. The first-order valence-corrected chi connectivity index (χ1v) is 8.19. The highest BCUT2D eigenvalue weighted by molar-refractivity contribution is 6.11. The van der Waals surface area contributed by atoms with Gasteiger partial charge >= 0.3 is 12.6 Å². The summed E-state index contributed by atoms with van der Waals surface area (Å²) in [5.74, 6) is -2.01. The van der Waals surface area contributed by atoms with Gasteiger partial charge in [0.1, 0.15) is 17.1 Å². The number of halogens is 3. The molecule has 1 aliphatic heterocycles. The second-order valence-corrected chi connectivity index (χ2v) is 6.28. The summed E-state index contributed by atoms with van der Waals surface area (Å²) in [5.41, 5.74) is -1.13. The van der Waals surface area contributed by atoms with Crippen LogP contribution in [0.4, 0.5) is 18.0 Å². The molecule has 1 unspecified atom stereocenters. The molecule has 6 nitrogen and oxygen atoms in total. The first-order valence-electron chi connectivity index (χ1n) is 8.19. The maximum absolute atomic E-state index is 13.3. The summed E-state index contributed by atoms with van der Waals surface area (Å²) >= 11 is 0. The van der Waals surface area contributed by atoms with Crippen LogP contribution in [0.2, 0.25) is 0 Å². The fourth-order valence-electron chi connectivity index (χ4n) is 2.90. The summed E-state index contributed by atoms with van der Waals surface area (Å²) in [6.45, 7) is -2.11. The molecule has 1 atom stereocenters. The summed E-state index contributed by atoms with van der Waals surface area (Å²) in [5, 5.41) is 2.50. The number of ketones is 1. The van der Waals surface area contributed by atoms with E-state index in [4.69, 9.17) is 0 Å². The Hall–Kier alpha value is -3.36. The Morgan fingerprint density at radius 3 is 2.46 bits per heavy atom. The molecule has 0 aromatic heterocycles. The van der Waals surface area contributed by atoms with Gasteiger partial charge in [-0.15, -0.1) is 0 Å². The Morgan fingerprint density at radius 2 is 1.86 bits per heavy atom. The minimum absolute atomic E-state index is 0.0303. The van der Waals surface area contributed by atoms with Crippen LogP contribution in [0.3, 0.4) is 0 Å². The Labute approximate surface area is 157 Å². The highest BCUT2D eigenvalue weighted by atomic mass is 19.3. The summed E-state index contributed by atoms with van der Waals surface area (Å²) < 4.78 is 42.0. The van der Waals surface area contributed by atoms with Crippen molar-refractivity contribution >= 4 is 17.7 Å². The number of hydrogen-bond acceptors (Lipinski definition) is 4. The summed E-state index contributed by atoms with van der Waals surface area (Å²) in [4.78, 5) is 38.1. The molecule has 2 aromatic carbocycles. The smallest absolute Gasteiger partial charge is 0.387 e. The minimum Gasteiger partial charge on any atom is -0.435 e. The number of nitrogens with zero attached hydrogens (tertiary/aromatic N) is 1. The predicted octanol–water partition coefficient (Wildman–Crippen LogP) is 3.08. The number of ether oxygens (including phenoxy) is 1. The number of carbonyl (C=O) groups excluding carboxylic acids is 3. The maximum atomic E-state index is 13.3. The Bertz CT molecular complexity index is 933. The van der Waals surface area contributed by atoms with E-state index >= 15 is 0 Å². The summed E-state index contributed by atoms with van der Waals surface area (Å²) in [7, 11) is 0. The Balaban J connectivity index is 1.79. The summed E-state index contributed by atoms with van der Waals surface area (Å²) in [6, 6.07) is 9.35. The average molecular weight is 392 g/mol. The van der Waals surface area contributed by atoms with Crippen LogP contribution in [-0.2, 0) is 10.3 Å². The van der Waals surface area contributed by atoms with E-state index in [0.717, 1.165) is 11.0 Å². The third-order valence-electron chi connectivity index (χ3n) is 4.38. The molecule has 0 spiro atoms. The molecule has 1 N–H and O–H groups in total. The van der Waals surface area contributed by atoms with Gasteiger partial charge in [-0.3, -0.25) is 14.5 Å². The predicted molar refractivity (Wildman–Crippen MR) is 91.4 cm³/mol. The molecule has 1 saturated heterocycles. The van der Waals surface area contributed by atoms with Gasteiger partial charge < -0.3 is 10.1 Å². The van der Waals surface area contributed by atoms with Gasteiger partial charge in [0.2, 0.25) is 0 Å². The van der Waals surface area contributed by atoms with E-state index in [1.807, 2.05) is 0 Å². The lowest BCUT2D eigenvalue weighted by Crippen LogP contribution is -2.41. The number of imide groups is 1. The fourth-order valence-corrected chi connectivity index (χ4v) is 2.90. The lowest BCUT2D eigenvalue weighted by molar-refractivity contribution is -0.130. The highest BCUT2D eigenvalue weighted by Crippen LogP contribution is 2.30. The van der Waals surface area contributed by atoms with Gasteiger partial charge in [0.15, 0.2) is 5.78 Å². The van der Waals surface area contributed by atoms with E-state index in [0.29, 0.717) is 5.56 Å². The van der Waals surface area contributed by atoms with Crippen molar-refractivity contribution in [3.8, 4) is 5.75 Å². The van der Waals surface area contributed by atoms with Gasteiger partial charge in [0.05, 0.1) is 6.54 Å². The summed E-state index contributed by atoms with van der Waals surface area (Å²) in [6.07, 6.45) is 0. The Kier molecular flexibility index (Phi) is 5.08.